The number of amides is 1. The van der Waals surface area contributed by atoms with Gasteiger partial charge in [-0.3, -0.25) is 4.79 Å². The summed E-state index contributed by atoms with van der Waals surface area (Å²) in [6.45, 7) is 3.93. The van der Waals surface area contributed by atoms with E-state index in [1.807, 2.05) is 13.0 Å². The number of anilines is 2. The standard InChI is InChI=1S/C12H17N3O/c1-9-3-4-11-10(7-9)14-12(16)8-15(11)6-2-5-13/h3-4,7H,2,5-6,8,13H2,1H3,(H,14,16). The predicted octanol–water partition coefficient (Wildman–Crippen LogP) is 1.10. The highest BCUT2D eigenvalue weighted by molar-refractivity contribution is 6.01. The van der Waals surface area contributed by atoms with Crippen molar-refractivity contribution in [2.75, 3.05) is 29.9 Å². The molecule has 0 radical (unpaired) electrons. The zero-order valence-electron chi connectivity index (χ0n) is 9.49. The van der Waals surface area contributed by atoms with Crippen molar-refractivity contribution in [3.05, 3.63) is 23.8 Å². The maximum atomic E-state index is 11.5. The Kier molecular flexibility index (Phi) is 3.10. The monoisotopic (exact) mass is 219 g/mol. The molecule has 4 nitrogen and oxygen atoms in total. The molecule has 1 amide bonds. The summed E-state index contributed by atoms with van der Waals surface area (Å²) in [5, 5.41) is 2.90. The SMILES string of the molecule is Cc1ccc2c(c1)NC(=O)CN2CCCN. The lowest BCUT2D eigenvalue weighted by molar-refractivity contribution is -0.115. The van der Waals surface area contributed by atoms with Crippen LogP contribution < -0.4 is 16.0 Å². The minimum Gasteiger partial charge on any atom is -0.360 e. The first kappa shape index (κ1) is 11.0. The van der Waals surface area contributed by atoms with Crippen LogP contribution in [0, 0.1) is 6.92 Å². The van der Waals surface area contributed by atoms with Gasteiger partial charge in [0.25, 0.3) is 0 Å². The number of nitrogens with two attached hydrogens (primary N) is 1. The number of nitrogens with one attached hydrogen (secondary N) is 1. The summed E-state index contributed by atoms with van der Waals surface area (Å²) in [4.78, 5) is 13.6. The molecule has 0 aliphatic carbocycles. The van der Waals surface area contributed by atoms with E-state index in [4.69, 9.17) is 5.73 Å². The molecule has 0 saturated heterocycles. The van der Waals surface area contributed by atoms with Gasteiger partial charge in [-0.15, -0.1) is 0 Å². The molecule has 0 bridgehead atoms. The van der Waals surface area contributed by atoms with Gasteiger partial charge in [0.2, 0.25) is 5.91 Å². The molecular formula is C12H17N3O. The third-order valence-electron chi connectivity index (χ3n) is 2.73. The van der Waals surface area contributed by atoms with Crippen molar-refractivity contribution in [1.29, 1.82) is 0 Å². The molecule has 0 saturated carbocycles. The van der Waals surface area contributed by atoms with Crippen LogP contribution >= 0.6 is 0 Å². The summed E-state index contributed by atoms with van der Waals surface area (Å²) in [7, 11) is 0. The lowest BCUT2D eigenvalue weighted by Crippen LogP contribution is -2.39. The molecule has 0 aromatic heterocycles. The minimum atomic E-state index is 0.0510. The Hall–Kier alpha value is -1.55. The highest BCUT2D eigenvalue weighted by Crippen LogP contribution is 2.30. The van der Waals surface area contributed by atoms with Crippen molar-refractivity contribution >= 4 is 17.3 Å². The smallest absolute Gasteiger partial charge is 0.243 e. The topological polar surface area (TPSA) is 58.4 Å². The van der Waals surface area contributed by atoms with E-state index < -0.39 is 0 Å². The zero-order valence-corrected chi connectivity index (χ0v) is 9.49. The van der Waals surface area contributed by atoms with Crippen molar-refractivity contribution in [2.45, 2.75) is 13.3 Å². The summed E-state index contributed by atoms with van der Waals surface area (Å²) in [6.07, 6.45) is 0.903. The molecule has 1 aromatic carbocycles. The van der Waals surface area contributed by atoms with Crippen LogP contribution in [0.5, 0.6) is 0 Å². The van der Waals surface area contributed by atoms with E-state index >= 15 is 0 Å². The fourth-order valence-electron chi connectivity index (χ4n) is 1.96. The van der Waals surface area contributed by atoms with Crippen LogP contribution in [0.1, 0.15) is 12.0 Å². The lowest BCUT2D eigenvalue weighted by atomic mass is 10.1. The second-order valence-corrected chi connectivity index (χ2v) is 4.13. The Morgan fingerprint density at radius 2 is 2.31 bits per heavy atom. The van der Waals surface area contributed by atoms with E-state index in [1.165, 1.54) is 0 Å². The molecule has 4 heteroatoms. The van der Waals surface area contributed by atoms with E-state index in [-0.39, 0.29) is 5.91 Å². The average Bonchev–Trinajstić information content (AvgIpc) is 2.25. The molecule has 1 aliphatic heterocycles. The van der Waals surface area contributed by atoms with Gasteiger partial charge in [-0.2, -0.15) is 0 Å². The van der Waals surface area contributed by atoms with Crippen LogP contribution in [0.25, 0.3) is 0 Å². The quantitative estimate of drug-likeness (QED) is 0.800. The average molecular weight is 219 g/mol. The highest BCUT2D eigenvalue weighted by Gasteiger charge is 2.20. The number of hydrogen-bond acceptors (Lipinski definition) is 3. The van der Waals surface area contributed by atoms with Crippen LogP contribution in [0.15, 0.2) is 18.2 Å². The minimum absolute atomic E-state index is 0.0510. The third-order valence-corrected chi connectivity index (χ3v) is 2.73. The molecule has 2 rings (SSSR count). The summed E-state index contributed by atoms with van der Waals surface area (Å²) < 4.78 is 0. The molecule has 1 heterocycles. The van der Waals surface area contributed by atoms with Gasteiger partial charge in [-0.1, -0.05) is 6.07 Å². The first-order valence-corrected chi connectivity index (χ1v) is 5.56. The van der Waals surface area contributed by atoms with E-state index in [0.29, 0.717) is 13.1 Å². The molecule has 0 atom stereocenters. The summed E-state index contributed by atoms with van der Waals surface area (Å²) in [5.41, 5.74) is 8.66. The van der Waals surface area contributed by atoms with Crippen LogP contribution in [-0.4, -0.2) is 25.5 Å². The number of aryl methyl sites for hydroxylation is 1. The number of carbonyl (C=O) groups excluding carboxylic acids is 1. The molecular weight excluding hydrogens is 202 g/mol. The van der Waals surface area contributed by atoms with Gasteiger partial charge >= 0.3 is 0 Å². The van der Waals surface area contributed by atoms with Crippen molar-refractivity contribution < 1.29 is 4.79 Å². The molecule has 0 fully saturated rings. The predicted molar refractivity (Wildman–Crippen MR) is 65.7 cm³/mol. The Balaban J connectivity index is 2.27. The third kappa shape index (κ3) is 2.17. The molecule has 1 aromatic rings. The van der Waals surface area contributed by atoms with Crippen LogP contribution in [0.2, 0.25) is 0 Å². The summed E-state index contributed by atoms with van der Waals surface area (Å²) >= 11 is 0. The van der Waals surface area contributed by atoms with E-state index in [9.17, 15) is 4.79 Å². The number of fused-ring (bicyclic) bond motifs is 1. The zero-order chi connectivity index (χ0) is 11.5. The van der Waals surface area contributed by atoms with Crippen molar-refractivity contribution in [2.24, 2.45) is 5.73 Å². The molecule has 0 spiro atoms. The molecule has 0 unspecified atom stereocenters. The Labute approximate surface area is 95.4 Å². The van der Waals surface area contributed by atoms with Crippen molar-refractivity contribution in [3.63, 3.8) is 0 Å². The summed E-state index contributed by atoms with van der Waals surface area (Å²) in [6, 6.07) is 6.12. The molecule has 3 N–H and O–H groups in total. The lowest BCUT2D eigenvalue weighted by Gasteiger charge is -2.31. The van der Waals surface area contributed by atoms with Crippen molar-refractivity contribution in [1.82, 2.24) is 0 Å². The number of benzene rings is 1. The fourth-order valence-corrected chi connectivity index (χ4v) is 1.96. The van der Waals surface area contributed by atoms with Crippen LogP contribution in [-0.2, 0) is 4.79 Å². The fraction of sp³-hybridized carbons (Fsp3) is 0.417. The Morgan fingerprint density at radius 1 is 1.50 bits per heavy atom. The van der Waals surface area contributed by atoms with E-state index in [1.54, 1.807) is 0 Å². The van der Waals surface area contributed by atoms with Gasteiger partial charge in [0.1, 0.15) is 0 Å². The second kappa shape index (κ2) is 4.53. The summed E-state index contributed by atoms with van der Waals surface area (Å²) in [5.74, 6) is 0.0510. The van der Waals surface area contributed by atoms with Crippen LogP contribution in [0.3, 0.4) is 0 Å². The van der Waals surface area contributed by atoms with Gasteiger partial charge in [0.05, 0.1) is 17.9 Å². The van der Waals surface area contributed by atoms with E-state index in [2.05, 4.69) is 22.3 Å². The highest BCUT2D eigenvalue weighted by atomic mass is 16.2. The number of carbonyl (C=O) groups is 1. The molecule has 16 heavy (non-hydrogen) atoms. The van der Waals surface area contributed by atoms with Crippen LogP contribution in [0.4, 0.5) is 11.4 Å². The maximum Gasteiger partial charge on any atom is 0.243 e. The van der Waals surface area contributed by atoms with Gasteiger partial charge in [-0.25, -0.2) is 0 Å². The van der Waals surface area contributed by atoms with E-state index in [0.717, 1.165) is 29.9 Å². The first-order chi connectivity index (χ1) is 7.70. The second-order valence-electron chi connectivity index (χ2n) is 4.13. The number of nitrogens with zero attached hydrogens (tertiary/aromatic N) is 1. The first-order valence-electron chi connectivity index (χ1n) is 5.56. The van der Waals surface area contributed by atoms with Crippen molar-refractivity contribution in [3.8, 4) is 0 Å². The number of rotatable bonds is 3. The Bertz CT molecular complexity index is 403. The van der Waals surface area contributed by atoms with Gasteiger partial charge in [0.15, 0.2) is 0 Å². The molecule has 86 valence electrons. The maximum absolute atomic E-state index is 11.5. The van der Waals surface area contributed by atoms with Gasteiger partial charge < -0.3 is 16.0 Å². The largest absolute Gasteiger partial charge is 0.360 e. The van der Waals surface area contributed by atoms with Gasteiger partial charge in [-0.05, 0) is 37.6 Å². The Morgan fingerprint density at radius 3 is 3.06 bits per heavy atom. The molecule has 1 aliphatic rings. The normalized spacial score (nSPS) is 14.6. The van der Waals surface area contributed by atoms with Gasteiger partial charge in [0, 0.05) is 6.54 Å². The number of hydrogen-bond donors (Lipinski definition) is 2.